The molecule has 1 N–H and O–H groups in total. The van der Waals surface area contributed by atoms with Crippen molar-refractivity contribution >= 4 is 49.0 Å². The lowest BCUT2D eigenvalue weighted by Gasteiger charge is -2.07. The minimum Gasteiger partial charge on any atom is -0.326 e. The van der Waals surface area contributed by atoms with Crippen LogP contribution in [0.5, 0.6) is 0 Å². The highest BCUT2D eigenvalue weighted by Crippen LogP contribution is 2.18. The van der Waals surface area contributed by atoms with Crippen molar-refractivity contribution in [1.82, 2.24) is 0 Å². The van der Waals surface area contributed by atoms with E-state index in [0.717, 1.165) is 4.47 Å². The van der Waals surface area contributed by atoms with E-state index < -0.39 is 9.84 Å². The van der Waals surface area contributed by atoms with Gasteiger partial charge < -0.3 is 5.32 Å². The zero-order valence-electron chi connectivity index (χ0n) is 11.4. The highest BCUT2D eigenvalue weighted by Gasteiger charge is 2.16. The summed E-state index contributed by atoms with van der Waals surface area (Å²) in [6.07, 6.45) is -0.120. The van der Waals surface area contributed by atoms with Crippen LogP contribution in [0.1, 0.15) is 6.42 Å². The summed E-state index contributed by atoms with van der Waals surface area (Å²) in [5.41, 5.74) is 0.540. The molecule has 22 heavy (non-hydrogen) atoms. The number of halogens is 2. The second-order valence-corrected chi connectivity index (χ2v) is 8.04. The van der Waals surface area contributed by atoms with E-state index in [9.17, 15) is 13.2 Å². The van der Waals surface area contributed by atoms with Crippen LogP contribution in [0, 0.1) is 0 Å². The second-order valence-electron chi connectivity index (χ2n) is 4.58. The lowest BCUT2D eigenvalue weighted by Crippen LogP contribution is -2.17. The SMILES string of the molecule is O=C(CCS(=O)(=O)c1ccc(Br)cc1)Nc1cccc(Cl)c1. The largest absolute Gasteiger partial charge is 0.326 e. The highest BCUT2D eigenvalue weighted by atomic mass is 79.9. The Labute approximate surface area is 142 Å². The van der Waals surface area contributed by atoms with Gasteiger partial charge in [-0.3, -0.25) is 4.79 Å². The molecule has 0 bridgehead atoms. The molecule has 0 saturated heterocycles. The van der Waals surface area contributed by atoms with Gasteiger partial charge in [0, 0.05) is 21.6 Å². The highest BCUT2D eigenvalue weighted by molar-refractivity contribution is 9.10. The van der Waals surface area contributed by atoms with E-state index in [1.807, 2.05) is 0 Å². The van der Waals surface area contributed by atoms with Crippen molar-refractivity contribution in [2.75, 3.05) is 11.1 Å². The zero-order valence-corrected chi connectivity index (χ0v) is 14.6. The molecule has 0 aliphatic heterocycles. The van der Waals surface area contributed by atoms with Gasteiger partial charge >= 0.3 is 0 Å². The topological polar surface area (TPSA) is 63.2 Å². The summed E-state index contributed by atoms with van der Waals surface area (Å²) in [5, 5.41) is 3.12. The van der Waals surface area contributed by atoms with Crippen LogP contribution in [0.2, 0.25) is 5.02 Å². The first kappa shape index (κ1) is 17.0. The first-order valence-corrected chi connectivity index (χ1v) is 9.23. The summed E-state index contributed by atoms with van der Waals surface area (Å²) in [4.78, 5) is 12.0. The molecule has 4 nitrogen and oxygen atoms in total. The van der Waals surface area contributed by atoms with E-state index in [-0.39, 0.29) is 23.0 Å². The number of sulfone groups is 1. The Morgan fingerprint density at radius 1 is 1.14 bits per heavy atom. The monoisotopic (exact) mass is 401 g/mol. The van der Waals surface area contributed by atoms with Crippen LogP contribution in [-0.4, -0.2) is 20.1 Å². The van der Waals surface area contributed by atoms with Crippen molar-refractivity contribution in [2.24, 2.45) is 0 Å². The van der Waals surface area contributed by atoms with Gasteiger partial charge in [-0.15, -0.1) is 0 Å². The maximum Gasteiger partial charge on any atom is 0.225 e. The van der Waals surface area contributed by atoms with Gasteiger partial charge in [-0.2, -0.15) is 0 Å². The average Bonchev–Trinajstić information content (AvgIpc) is 2.46. The van der Waals surface area contributed by atoms with Gasteiger partial charge in [0.05, 0.1) is 10.6 Å². The molecule has 2 aromatic rings. The van der Waals surface area contributed by atoms with Gasteiger partial charge in [-0.25, -0.2) is 8.42 Å². The number of anilines is 1. The lowest BCUT2D eigenvalue weighted by molar-refractivity contribution is -0.115. The first-order chi connectivity index (χ1) is 10.4. The molecule has 0 aliphatic carbocycles. The van der Waals surface area contributed by atoms with Crippen LogP contribution in [0.3, 0.4) is 0 Å². The first-order valence-electron chi connectivity index (χ1n) is 6.40. The average molecular weight is 403 g/mol. The van der Waals surface area contributed by atoms with Crippen molar-refractivity contribution in [3.8, 4) is 0 Å². The Morgan fingerprint density at radius 2 is 1.82 bits per heavy atom. The van der Waals surface area contributed by atoms with E-state index in [4.69, 9.17) is 11.6 Å². The predicted molar refractivity (Wildman–Crippen MR) is 90.9 cm³/mol. The molecule has 0 spiro atoms. The molecular formula is C15H13BrClNO3S. The molecule has 0 aromatic heterocycles. The number of hydrogen-bond donors (Lipinski definition) is 1. The summed E-state index contributed by atoms with van der Waals surface area (Å²) in [6, 6.07) is 13.0. The molecule has 0 unspecified atom stereocenters. The van der Waals surface area contributed by atoms with Crippen molar-refractivity contribution in [1.29, 1.82) is 0 Å². The van der Waals surface area contributed by atoms with Crippen LogP contribution in [0.15, 0.2) is 57.9 Å². The van der Waals surface area contributed by atoms with Gasteiger partial charge in [0.2, 0.25) is 5.91 Å². The number of hydrogen-bond acceptors (Lipinski definition) is 3. The molecule has 2 rings (SSSR count). The minimum absolute atomic E-state index is 0.120. The molecule has 0 saturated carbocycles. The van der Waals surface area contributed by atoms with Crippen molar-refractivity contribution < 1.29 is 13.2 Å². The number of benzene rings is 2. The third-order valence-corrected chi connectivity index (χ3v) is 5.37. The predicted octanol–water partition coefficient (Wildman–Crippen LogP) is 3.91. The van der Waals surface area contributed by atoms with E-state index >= 15 is 0 Å². The number of carbonyl (C=O) groups excluding carboxylic acids is 1. The number of rotatable bonds is 5. The van der Waals surface area contributed by atoms with Crippen LogP contribution in [0.4, 0.5) is 5.69 Å². The van der Waals surface area contributed by atoms with Gasteiger partial charge in [0.25, 0.3) is 0 Å². The number of amides is 1. The number of nitrogens with one attached hydrogen (secondary N) is 1. The Morgan fingerprint density at radius 3 is 2.45 bits per heavy atom. The molecule has 0 atom stereocenters. The smallest absolute Gasteiger partial charge is 0.225 e. The Balaban J connectivity index is 1.97. The molecular weight excluding hydrogens is 390 g/mol. The van der Waals surface area contributed by atoms with Crippen molar-refractivity contribution in [3.05, 3.63) is 58.0 Å². The lowest BCUT2D eigenvalue weighted by atomic mass is 10.3. The van der Waals surface area contributed by atoms with Crippen molar-refractivity contribution in [2.45, 2.75) is 11.3 Å². The van der Waals surface area contributed by atoms with Crippen LogP contribution in [0.25, 0.3) is 0 Å². The summed E-state index contributed by atoms with van der Waals surface area (Å²) >= 11 is 9.07. The summed E-state index contributed by atoms with van der Waals surface area (Å²) in [6.45, 7) is 0. The van der Waals surface area contributed by atoms with E-state index in [0.29, 0.717) is 10.7 Å². The third kappa shape index (κ3) is 4.83. The Bertz CT molecular complexity index is 776. The summed E-state index contributed by atoms with van der Waals surface area (Å²) in [7, 11) is -3.48. The van der Waals surface area contributed by atoms with Crippen LogP contribution in [-0.2, 0) is 14.6 Å². The molecule has 2 aromatic carbocycles. The fourth-order valence-corrected chi connectivity index (χ4v) is 3.47. The standard InChI is InChI=1S/C15H13BrClNO3S/c16-11-4-6-14(7-5-11)22(20,21)9-8-15(19)18-13-3-1-2-12(17)10-13/h1-7,10H,8-9H2,(H,18,19). The maximum atomic E-state index is 12.1. The second kappa shape index (κ2) is 7.26. The Kier molecular flexibility index (Phi) is 5.61. The molecule has 0 fully saturated rings. The van der Waals surface area contributed by atoms with Crippen LogP contribution >= 0.6 is 27.5 Å². The summed E-state index contributed by atoms with van der Waals surface area (Å²) < 4.78 is 25.1. The molecule has 116 valence electrons. The fraction of sp³-hybridized carbons (Fsp3) is 0.133. The minimum atomic E-state index is -3.48. The quantitative estimate of drug-likeness (QED) is 0.825. The van der Waals surface area contributed by atoms with Crippen molar-refractivity contribution in [3.63, 3.8) is 0 Å². The van der Waals surface area contributed by atoms with E-state index in [2.05, 4.69) is 21.2 Å². The molecule has 0 radical (unpaired) electrons. The van der Waals surface area contributed by atoms with Gasteiger partial charge in [-0.1, -0.05) is 33.6 Å². The van der Waals surface area contributed by atoms with E-state index in [1.165, 1.54) is 12.1 Å². The van der Waals surface area contributed by atoms with Gasteiger partial charge in [0.1, 0.15) is 0 Å². The van der Waals surface area contributed by atoms with E-state index in [1.54, 1.807) is 36.4 Å². The molecule has 1 amide bonds. The summed E-state index contributed by atoms with van der Waals surface area (Å²) in [5.74, 6) is -0.621. The molecule has 0 heterocycles. The number of carbonyl (C=O) groups is 1. The van der Waals surface area contributed by atoms with Gasteiger partial charge in [0.15, 0.2) is 9.84 Å². The maximum absolute atomic E-state index is 12.1. The molecule has 7 heteroatoms. The van der Waals surface area contributed by atoms with Crippen LogP contribution < -0.4 is 5.32 Å². The Hall–Kier alpha value is -1.37. The normalized spacial score (nSPS) is 11.2. The fourth-order valence-electron chi connectivity index (χ4n) is 1.78. The zero-order chi connectivity index (χ0) is 16.2. The third-order valence-electron chi connectivity index (χ3n) is 2.88. The van der Waals surface area contributed by atoms with Gasteiger partial charge in [-0.05, 0) is 42.5 Å². The molecule has 0 aliphatic rings.